The Kier molecular flexibility index (Phi) is 7.15. The highest BCUT2D eigenvalue weighted by Gasteiger charge is 2.30. The normalized spacial score (nSPS) is 22.6. The highest BCUT2D eigenvalue weighted by Crippen LogP contribution is 2.32. The van der Waals surface area contributed by atoms with Crippen LogP contribution in [-0.4, -0.2) is 23.3 Å². The average molecular weight is 334 g/mol. The van der Waals surface area contributed by atoms with E-state index in [9.17, 15) is 9.59 Å². The number of hydrogen-bond acceptors (Lipinski definition) is 4. The van der Waals surface area contributed by atoms with Crippen molar-refractivity contribution >= 4 is 23.5 Å². The van der Waals surface area contributed by atoms with Crippen LogP contribution in [0, 0.1) is 17.8 Å². The third-order valence-electron chi connectivity index (χ3n) is 4.46. The van der Waals surface area contributed by atoms with Gasteiger partial charge in [0.25, 0.3) is 0 Å². The summed E-state index contributed by atoms with van der Waals surface area (Å²) >= 11 is 1.57. The van der Waals surface area contributed by atoms with Gasteiger partial charge in [-0.05, 0) is 36.0 Å². The van der Waals surface area contributed by atoms with Gasteiger partial charge in [0.15, 0.2) is 0 Å². The van der Waals surface area contributed by atoms with Crippen LogP contribution >= 0.6 is 11.8 Å². The Labute approximate surface area is 143 Å². The summed E-state index contributed by atoms with van der Waals surface area (Å²) in [6.07, 6.45) is 2.86. The molecule has 1 aliphatic rings. The second-order valence-corrected chi connectivity index (χ2v) is 7.63. The van der Waals surface area contributed by atoms with Crippen molar-refractivity contribution < 1.29 is 14.3 Å². The Hall–Kier alpha value is -1.29. The second-order valence-electron chi connectivity index (χ2n) is 6.60. The highest BCUT2D eigenvalue weighted by molar-refractivity contribution is 7.99. The molecule has 126 valence electrons. The van der Waals surface area contributed by atoms with Crippen molar-refractivity contribution in [3.8, 4) is 0 Å². The molecule has 1 aromatic carbocycles. The largest absolute Gasteiger partial charge is 0.460 e. The quantitative estimate of drug-likeness (QED) is 0.704. The molecule has 0 heterocycles. The van der Waals surface area contributed by atoms with Crippen LogP contribution in [0.5, 0.6) is 0 Å². The molecule has 0 radical (unpaired) electrons. The first-order chi connectivity index (χ1) is 11.1. The number of esters is 1. The molecule has 0 saturated heterocycles. The van der Waals surface area contributed by atoms with Crippen LogP contribution in [0.2, 0.25) is 0 Å². The first kappa shape index (κ1) is 18.1. The van der Waals surface area contributed by atoms with E-state index in [2.05, 4.69) is 13.8 Å². The molecule has 3 nitrogen and oxygen atoms in total. The predicted molar refractivity (Wildman–Crippen MR) is 94.2 cm³/mol. The van der Waals surface area contributed by atoms with E-state index in [-0.39, 0.29) is 11.9 Å². The van der Waals surface area contributed by atoms with E-state index in [1.165, 1.54) is 0 Å². The number of rotatable bonds is 7. The topological polar surface area (TPSA) is 43.4 Å². The van der Waals surface area contributed by atoms with Crippen molar-refractivity contribution in [2.75, 3.05) is 11.5 Å². The smallest absolute Gasteiger partial charge is 0.316 e. The molecule has 0 spiro atoms. The molecule has 3 unspecified atom stereocenters. The van der Waals surface area contributed by atoms with Crippen LogP contribution in [0.25, 0.3) is 0 Å². The number of ether oxygens (including phenoxy) is 1. The molecule has 0 aliphatic heterocycles. The molecule has 0 amide bonds. The lowest BCUT2D eigenvalue weighted by molar-refractivity contribution is -0.141. The number of carbonyl (C=O) groups excluding carboxylic acids is 2. The number of carbonyl (C=O) groups is 2. The summed E-state index contributed by atoms with van der Waals surface area (Å²) in [7, 11) is 0. The summed E-state index contributed by atoms with van der Waals surface area (Å²) in [6.45, 7) is 4.60. The lowest BCUT2D eigenvalue weighted by atomic mass is 9.76. The molecule has 0 bridgehead atoms. The summed E-state index contributed by atoms with van der Waals surface area (Å²) in [5, 5.41) is 0. The number of hydrogen-bond donors (Lipinski definition) is 0. The zero-order chi connectivity index (χ0) is 16.7. The Balaban J connectivity index is 1.64. The van der Waals surface area contributed by atoms with Gasteiger partial charge in [0.2, 0.25) is 0 Å². The zero-order valence-corrected chi connectivity index (χ0v) is 14.8. The minimum absolute atomic E-state index is 0.180. The summed E-state index contributed by atoms with van der Waals surface area (Å²) in [4.78, 5) is 23.9. The van der Waals surface area contributed by atoms with Gasteiger partial charge in [0, 0.05) is 12.3 Å². The Morgan fingerprint density at radius 2 is 2.04 bits per heavy atom. The van der Waals surface area contributed by atoms with Gasteiger partial charge in [-0.2, -0.15) is 0 Å². The molecular weight excluding hydrogens is 308 g/mol. The van der Waals surface area contributed by atoms with Gasteiger partial charge in [-0.3, -0.25) is 9.59 Å². The molecule has 2 rings (SSSR count). The standard InChI is InChI=1S/C19H26O3S/c1-14-8-9-17(18(20)10-14)15(2)12-23-13-19(21)22-11-16-6-4-3-5-7-16/h3-7,14-15,17H,8-13H2,1-2H3. The molecule has 1 aromatic rings. The van der Waals surface area contributed by atoms with E-state index in [1.54, 1.807) is 11.8 Å². The van der Waals surface area contributed by atoms with E-state index in [0.29, 0.717) is 30.0 Å². The molecule has 0 aromatic heterocycles. The van der Waals surface area contributed by atoms with Gasteiger partial charge in [-0.25, -0.2) is 0 Å². The lowest BCUT2D eigenvalue weighted by Gasteiger charge is -2.29. The summed E-state index contributed by atoms with van der Waals surface area (Å²) in [6, 6.07) is 9.69. The monoisotopic (exact) mass is 334 g/mol. The van der Waals surface area contributed by atoms with Crippen molar-refractivity contribution in [2.24, 2.45) is 17.8 Å². The molecule has 3 atom stereocenters. The molecule has 4 heteroatoms. The molecule has 1 aliphatic carbocycles. The van der Waals surface area contributed by atoms with Crippen LogP contribution in [0.4, 0.5) is 0 Å². The van der Waals surface area contributed by atoms with E-state index in [4.69, 9.17) is 4.74 Å². The summed E-state index contributed by atoms with van der Waals surface area (Å²) < 4.78 is 5.26. The maximum Gasteiger partial charge on any atom is 0.316 e. The van der Waals surface area contributed by atoms with E-state index in [1.807, 2.05) is 30.3 Å². The molecule has 1 fully saturated rings. The first-order valence-electron chi connectivity index (χ1n) is 8.36. The Morgan fingerprint density at radius 1 is 1.30 bits per heavy atom. The minimum atomic E-state index is -0.186. The van der Waals surface area contributed by atoms with Crippen molar-refractivity contribution in [3.63, 3.8) is 0 Å². The first-order valence-corrected chi connectivity index (χ1v) is 9.51. The number of Topliss-reactive ketones (excluding diaryl/α,β-unsaturated/α-hetero) is 1. The molecule has 0 N–H and O–H groups in total. The van der Waals surface area contributed by atoms with Crippen LogP contribution < -0.4 is 0 Å². The maximum absolute atomic E-state index is 12.1. The van der Waals surface area contributed by atoms with Gasteiger partial charge in [-0.1, -0.05) is 44.2 Å². The lowest BCUT2D eigenvalue weighted by Crippen LogP contribution is -2.29. The van der Waals surface area contributed by atoms with Gasteiger partial charge < -0.3 is 4.74 Å². The SMILES string of the molecule is CC1CCC(C(C)CSCC(=O)OCc2ccccc2)C(=O)C1. The number of benzene rings is 1. The fourth-order valence-corrected chi connectivity index (χ4v) is 4.02. The molecule has 23 heavy (non-hydrogen) atoms. The fraction of sp³-hybridized carbons (Fsp3) is 0.579. The predicted octanol–water partition coefficient (Wildman–Crippen LogP) is 4.10. The maximum atomic E-state index is 12.1. The van der Waals surface area contributed by atoms with Crippen LogP contribution in [-0.2, 0) is 20.9 Å². The van der Waals surface area contributed by atoms with E-state index >= 15 is 0 Å². The van der Waals surface area contributed by atoms with Gasteiger partial charge >= 0.3 is 5.97 Å². The van der Waals surface area contributed by atoms with Gasteiger partial charge in [-0.15, -0.1) is 11.8 Å². The van der Waals surface area contributed by atoms with Crippen molar-refractivity contribution in [1.82, 2.24) is 0 Å². The number of ketones is 1. The zero-order valence-electron chi connectivity index (χ0n) is 14.0. The van der Waals surface area contributed by atoms with Crippen molar-refractivity contribution in [2.45, 2.75) is 39.7 Å². The second kappa shape index (κ2) is 9.11. The van der Waals surface area contributed by atoms with Crippen molar-refractivity contribution in [1.29, 1.82) is 0 Å². The van der Waals surface area contributed by atoms with Crippen LogP contribution in [0.3, 0.4) is 0 Å². The third-order valence-corrected chi connectivity index (χ3v) is 5.67. The van der Waals surface area contributed by atoms with Gasteiger partial charge in [0.05, 0.1) is 5.75 Å². The van der Waals surface area contributed by atoms with Crippen LogP contribution in [0.15, 0.2) is 30.3 Å². The number of thioether (sulfide) groups is 1. The Morgan fingerprint density at radius 3 is 2.74 bits per heavy atom. The highest BCUT2D eigenvalue weighted by atomic mass is 32.2. The fourth-order valence-electron chi connectivity index (χ4n) is 3.05. The molecular formula is C19H26O3S. The molecule has 1 saturated carbocycles. The average Bonchev–Trinajstić information content (AvgIpc) is 2.53. The van der Waals surface area contributed by atoms with Crippen LogP contribution in [0.1, 0.15) is 38.7 Å². The van der Waals surface area contributed by atoms with E-state index in [0.717, 1.165) is 30.6 Å². The van der Waals surface area contributed by atoms with E-state index < -0.39 is 0 Å². The minimum Gasteiger partial charge on any atom is -0.460 e. The van der Waals surface area contributed by atoms with Gasteiger partial charge in [0.1, 0.15) is 12.4 Å². The third kappa shape index (κ3) is 6.02. The summed E-state index contributed by atoms with van der Waals surface area (Å²) in [5.74, 6) is 2.46. The summed E-state index contributed by atoms with van der Waals surface area (Å²) in [5.41, 5.74) is 1.00. The Bertz CT molecular complexity index is 515. The van der Waals surface area contributed by atoms with Crippen molar-refractivity contribution in [3.05, 3.63) is 35.9 Å².